The van der Waals surface area contributed by atoms with Gasteiger partial charge in [-0.25, -0.2) is 9.37 Å². The zero-order valence-corrected chi connectivity index (χ0v) is 14.2. The van der Waals surface area contributed by atoms with Crippen LogP contribution in [0.3, 0.4) is 0 Å². The van der Waals surface area contributed by atoms with E-state index in [1.807, 2.05) is 34.5 Å². The SMILES string of the molecule is OC(O)C1CN(c2nc(-c3ccc(-c4ccc(F)cc4)cc3)cs2)C1. The summed E-state index contributed by atoms with van der Waals surface area (Å²) in [6, 6.07) is 14.5. The first-order valence-electron chi connectivity index (χ1n) is 8.03. The van der Waals surface area contributed by atoms with Crippen LogP contribution in [0.2, 0.25) is 0 Å². The van der Waals surface area contributed by atoms with E-state index in [0.717, 1.165) is 27.5 Å². The lowest BCUT2D eigenvalue weighted by Crippen LogP contribution is -2.52. The van der Waals surface area contributed by atoms with Gasteiger partial charge in [0, 0.05) is 30.0 Å². The molecule has 4 rings (SSSR count). The zero-order valence-electron chi connectivity index (χ0n) is 13.3. The van der Waals surface area contributed by atoms with E-state index in [0.29, 0.717) is 13.1 Å². The highest BCUT2D eigenvalue weighted by Gasteiger charge is 2.33. The van der Waals surface area contributed by atoms with Crippen LogP contribution in [0.5, 0.6) is 0 Å². The van der Waals surface area contributed by atoms with Crippen LogP contribution in [-0.2, 0) is 0 Å². The summed E-state index contributed by atoms with van der Waals surface area (Å²) in [7, 11) is 0. The third kappa shape index (κ3) is 3.28. The highest BCUT2D eigenvalue weighted by atomic mass is 32.1. The number of nitrogens with zero attached hydrogens (tertiary/aromatic N) is 2. The van der Waals surface area contributed by atoms with Gasteiger partial charge < -0.3 is 15.1 Å². The van der Waals surface area contributed by atoms with Gasteiger partial charge in [-0.15, -0.1) is 11.3 Å². The molecule has 2 aromatic carbocycles. The fraction of sp³-hybridized carbons (Fsp3) is 0.211. The molecule has 0 unspecified atom stereocenters. The van der Waals surface area contributed by atoms with Crippen molar-refractivity contribution < 1.29 is 14.6 Å². The molecule has 1 saturated heterocycles. The van der Waals surface area contributed by atoms with E-state index in [4.69, 9.17) is 10.2 Å². The van der Waals surface area contributed by atoms with Gasteiger partial charge in [-0.3, -0.25) is 0 Å². The molecule has 2 heterocycles. The molecule has 1 fully saturated rings. The first-order chi connectivity index (χ1) is 12.1. The Hall–Kier alpha value is -2.28. The van der Waals surface area contributed by atoms with Gasteiger partial charge in [-0.05, 0) is 23.3 Å². The number of aliphatic hydroxyl groups excluding tert-OH is 1. The molecular formula is C19H17FN2O2S. The molecule has 0 bridgehead atoms. The molecule has 0 radical (unpaired) electrons. The summed E-state index contributed by atoms with van der Waals surface area (Å²) >= 11 is 1.55. The normalized spacial score (nSPS) is 14.8. The maximum absolute atomic E-state index is 13.0. The average Bonchev–Trinajstić information content (AvgIpc) is 3.03. The molecule has 0 atom stereocenters. The van der Waals surface area contributed by atoms with Gasteiger partial charge in [0.05, 0.1) is 5.69 Å². The average molecular weight is 356 g/mol. The number of aliphatic hydroxyl groups is 2. The van der Waals surface area contributed by atoms with Crippen molar-refractivity contribution in [2.75, 3.05) is 18.0 Å². The Balaban J connectivity index is 1.48. The Bertz CT molecular complexity index is 856. The molecule has 0 spiro atoms. The number of halogens is 1. The second-order valence-corrected chi connectivity index (χ2v) is 7.01. The van der Waals surface area contributed by atoms with Crippen molar-refractivity contribution in [1.29, 1.82) is 0 Å². The molecule has 4 nitrogen and oxygen atoms in total. The van der Waals surface area contributed by atoms with Crippen LogP contribution in [0, 0.1) is 11.7 Å². The molecule has 128 valence electrons. The first-order valence-corrected chi connectivity index (χ1v) is 8.91. The Morgan fingerprint density at radius 3 is 2.12 bits per heavy atom. The monoisotopic (exact) mass is 356 g/mol. The topological polar surface area (TPSA) is 56.6 Å². The minimum absolute atomic E-state index is 0.0951. The van der Waals surface area contributed by atoms with E-state index in [-0.39, 0.29) is 11.7 Å². The van der Waals surface area contributed by atoms with E-state index in [9.17, 15) is 4.39 Å². The quantitative estimate of drug-likeness (QED) is 0.704. The van der Waals surface area contributed by atoms with E-state index in [1.54, 1.807) is 23.5 Å². The van der Waals surface area contributed by atoms with Gasteiger partial charge >= 0.3 is 0 Å². The van der Waals surface area contributed by atoms with E-state index in [2.05, 4.69) is 4.98 Å². The van der Waals surface area contributed by atoms with Gasteiger partial charge in [0.25, 0.3) is 0 Å². The molecule has 0 aliphatic carbocycles. The summed E-state index contributed by atoms with van der Waals surface area (Å²) in [5.74, 6) is -0.334. The molecule has 2 N–H and O–H groups in total. The summed E-state index contributed by atoms with van der Waals surface area (Å²) in [6.45, 7) is 1.24. The standard InChI is InChI=1S/C19H17FN2O2S/c20-16-7-5-13(6-8-16)12-1-3-14(4-2-12)17-11-25-19(21-17)22-9-15(10-22)18(23)24/h1-8,11,15,18,23-24H,9-10H2. The molecular weight excluding hydrogens is 339 g/mol. The summed E-state index contributed by atoms with van der Waals surface area (Å²) in [4.78, 5) is 6.69. The molecule has 25 heavy (non-hydrogen) atoms. The first kappa shape index (κ1) is 16.2. The lowest BCUT2D eigenvalue weighted by Gasteiger charge is -2.39. The Kier molecular flexibility index (Phi) is 4.25. The number of hydrogen-bond acceptors (Lipinski definition) is 5. The summed E-state index contributed by atoms with van der Waals surface area (Å²) in [6.07, 6.45) is -1.25. The van der Waals surface area contributed by atoms with Crippen molar-refractivity contribution >= 4 is 16.5 Å². The zero-order chi connectivity index (χ0) is 17.4. The largest absolute Gasteiger partial charge is 0.368 e. The molecule has 0 saturated carbocycles. The van der Waals surface area contributed by atoms with E-state index >= 15 is 0 Å². The number of rotatable bonds is 4. The fourth-order valence-corrected chi connectivity index (χ4v) is 3.73. The molecule has 3 aromatic rings. The number of benzene rings is 2. The maximum atomic E-state index is 13.0. The lowest BCUT2D eigenvalue weighted by atomic mass is 10.0. The lowest BCUT2D eigenvalue weighted by molar-refractivity contribution is -0.0906. The third-order valence-electron chi connectivity index (χ3n) is 4.45. The van der Waals surface area contributed by atoms with E-state index < -0.39 is 6.29 Å². The highest BCUT2D eigenvalue weighted by Crippen LogP contribution is 2.33. The van der Waals surface area contributed by atoms with Gasteiger partial charge in [-0.2, -0.15) is 0 Å². The van der Waals surface area contributed by atoms with Crippen molar-refractivity contribution in [2.45, 2.75) is 6.29 Å². The summed E-state index contributed by atoms with van der Waals surface area (Å²) < 4.78 is 13.0. The summed E-state index contributed by atoms with van der Waals surface area (Å²) in [5, 5.41) is 21.2. The van der Waals surface area contributed by atoms with Crippen LogP contribution in [-0.4, -0.2) is 34.6 Å². The van der Waals surface area contributed by atoms with Gasteiger partial charge in [0.1, 0.15) is 5.82 Å². The number of aromatic nitrogens is 1. The molecule has 0 amide bonds. The third-order valence-corrected chi connectivity index (χ3v) is 5.35. The van der Waals surface area contributed by atoms with Crippen LogP contribution >= 0.6 is 11.3 Å². The molecule has 6 heteroatoms. The minimum Gasteiger partial charge on any atom is -0.368 e. The Morgan fingerprint density at radius 2 is 1.52 bits per heavy atom. The van der Waals surface area contributed by atoms with Crippen molar-refractivity contribution in [1.82, 2.24) is 4.98 Å². The van der Waals surface area contributed by atoms with Gasteiger partial charge in [0.2, 0.25) is 0 Å². The Morgan fingerprint density at radius 1 is 0.960 bits per heavy atom. The molecule has 1 aromatic heterocycles. The van der Waals surface area contributed by atoms with Crippen LogP contribution in [0.4, 0.5) is 9.52 Å². The van der Waals surface area contributed by atoms with Crippen LogP contribution in [0.25, 0.3) is 22.4 Å². The van der Waals surface area contributed by atoms with Crippen molar-refractivity contribution in [3.63, 3.8) is 0 Å². The second kappa shape index (κ2) is 6.55. The number of thiazole rings is 1. The van der Waals surface area contributed by atoms with Crippen molar-refractivity contribution in [3.8, 4) is 22.4 Å². The predicted molar refractivity (Wildman–Crippen MR) is 96.9 cm³/mol. The molecule has 1 aliphatic rings. The summed E-state index contributed by atoms with van der Waals surface area (Å²) in [5.41, 5.74) is 3.93. The van der Waals surface area contributed by atoms with Gasteiger partial charge in [0.15, 0.2) is 11.4 Å². The van der Waals surface area contributed by atoms with Crippen LogP contribution in [0.1, 0.15) is 0 Å². The smallest absolute Gasteiger partial charge is 0.185 e. The predicted octanol–water partition coefficient (Wildman–Crippen LogP) is 3.36. The van der Waals surface area contributed by atoms with Gasteiger partial charge in [-0.1, -0.05) is 36.4 Å². The minimum atomic E-state index is -1.25. The van der Waals surface area contributed by atoms with Crippen molar-refractivity contribution in [3.05, 3.63) is 59.7 Å². The number of hydrogen-bond donors (Lipinski definition) is 2. The number of anilines is 1. The molecule has 1 aliphatic heterocycles. The maximum Gasteiger partial charge on any atom is 0.185 e. The van der Waals surface area contributed by atoms with Crippen LogP contribution < -0.4 is 4.90 Å². The fourth-order valence-electron chi connectivity index (χ4n) is 2.88. The highest BCUT2D eigenvalue weighted by molar-refractivity contribution is 7.14. The second-order valence-electron chi connectivity index (χ2n) is 6.18. The van der Waals surface area contributed by atoms with E-state index in [1.165, 1.54) is 12.1 Å². The van der Waals surface area contributed by atoms with Crippen LogP contribution in [0.15, 0.2) is 53.9 Å². The van der Waals surface area contributed by atoms with Crippen molar-refractivity contribution in [2.24, 2.45) is 5.92 Å². The Labute approximate surface area is 148 Å².